The Hall–Kier alpha value is -2.08. The zero-order valence-corrected chi connectivity index (χ0v) is 15.1. The number of aromatic nitrogens is 1. The van der Waals surface area contributed by atoms with Gasteiger partial charge in [-0.05, 0) is 18.9 Å². The third-order valence-corrected chi connectivity index (χ3v) is 5.35. The fourth-order valence-corrected chi connectivity index (χ4v) is 3.71. The first-order valence-electron chi connectivity index (χ1n) is 8.34. The molecule has 0 radical (unpaired) electrons. The minimum Gasteiger partial charge on any atom is -0.345 e. The molecule has 3 rings (SSSR count). The number of anilines is 1. The number of amides is 2. The fraction of sp³-hybridized carbons (Fsp3) is 0.444. The quantitative estimate of drug-likeness (QED) is 0.856. The van der Waals surface area contributed by atoms with Gasteiger partial charge in [0.1, 0.15) is 0 Å². The first kappa shape index (κ1) is 16.8. The second-order valence-electron chi connectivity index (χ2n) is 6.19. The lowest BCUT2D eigenvalue weighted by molar-refractivity contribution is 0.160. The molecule has 1 aliphatic rings. The topological polar surface area (TPSA) is 39.7 Å². The van der Waals surface area contributed by atoms with E-state index in [0.717, 1.165) is 50.0 Å². The Balaban J connectivity index is 1.47. The van der Waals surface area contributed by atoms with Crippen molar-refractivity contribution in [1.82, 2.24) is 14.8 Å². The molecule has 0 aliphatic carbocycles. The SMILES string of the molecule is Cc1csc(N2CCN(C(=O)N(C)CCc3ccccc3)CC2)n1. The lowest BCUT2D eigenvalue weighted by atomic mass is 10.1. The molecule has 0 bridgehead atoms. The lowest BCUT2D eigenvalue weighted by Gasteiger charge is -2.36. The van der Waals surface area contributed by atoms with E-state index in [0.29, 0.717) is 0 Å². The number of hydrogen-bond donors (Lipinski definition) is 0. The van der Waals surface area contributed by atoms with Crippen molar-refractivity contribution in [2.75, 3.05) is 44.7 Å². The van der Waals surface area contributed by atoms with Crippen molar-refractivity contribution in [2.24, 2.45) is 0 Å². The van der Waals surface area contributed by atoms with Crippen LogP contribution in [0.15, 0.2) is 35.7 Å². The Bertz CT molecular complexity index is 665. The van der Waals surface area contributed by atoms with Gasteiger partial charge in [-0.2, -0.15) is 0 Å². The maximum atomic E-state index is 12.6. The Labute approximate surface area is 147 Å². The van der Waals surface area contributed by atoms with Crippen molar-refractivity contribution in [3.05, 3.63) is 47.0 Å². The van der Waals surface area contributed by atoms with E-state index >= 15 is 0 Å². The Morgan fingerprint density at radius 1 is 1.21 bits per heavy atom. The van der Waals surface area contributed by atoms with Crippen LogP contribution in [0.3, 0.4) is 0 Å². The molecule has 24 heavy (non-hydrogen) atoms. The number of benzene rings is 1. The van der Waals surface area contributed by atoms with Gasteiger partial charge in [-0.15, -0.1) is 11.3 Å². The van der Waals surface area contributed by atoms with Crippen LogP contribution < -0.4 is 4.90 Å². The Kier molecular flexibility index (Phi) is 5.35. The van der Waals surface area contributed by atoms with Gasteiger partial charge in [0.05, 0.1) is 5.69 Å². The number of carbonyl (C=O) groups is 1. The van der Waals surface area contributed by atoms with Gasteiger partial charge in [0.15, 0.2) is 5.13 Å². The second-order valence-corrected chi connectivity index (χ2v) is 7.02. The first-order valence-corrected chi connectivity index (χ1v) is 9.22. The molecule has 1 aromatic carbocycles. The van der Waals surface area contributed by atoms with E-state index < -0.39 is 0 Å². The fourth-order valence-electron chi connectivity index (χ4n) is 2.85. The summed E-state index contributed by atoms with van der Waals surface area (Å²) in [6, 6.07) is 10.4. The molecule has 128 valence electrons. The summed E-state index contributed by atoms with van der Waals surface area (Å²) < 4.78 is 0. The number of rotatable bonds is 4. The molecule has 1 aromatic heterocycles. The lowest BCUT2D eigenvalue weighted by Crippen LogP contribution is -2.52. The number of hydrogen-bond acceptors (Lipinski definition) is 4. The molecule has 5 nitrogen and oxygen atoms in total. The maximum absolute atomic E-state index is 12.6. The molecule has 2 amide bonds. The van der Waals surface area contributed by atoms with E-state index in [1.54, 1.807) is 11.3 Å². The van der Waals surface area contributed by atoms with Crippen molar-refractivity contribution < 1.29 is 4.79 Å². The summed E-state index contributed by atoms with van der Waals surface area (Å²) >= 11 is 1.68. The number of carbonyl (C=O) groups excluding carboxylic acids is 1. The van der Waals surface area contributed by atoms with Crippen LogP contribution in [0.25, 0.3) is 0 Å². The first-order chi connectivity index (χ1) is 11.6. The number of urea groups is 1. The third kappa shape index (κ3) is 4.06. The molecule has 0 saturated carbocycles. The number of piperazine rings is 1. The summed E-state index contributed by atoms with van der Waals surface area (Å²) in [5, 5.41) is 3.14. The van der Waals surface area contributed by atoms with Crippen molar-refractivity contribution in [3.63, 3.8) is 0 Å². The van der Waals surface area contributed by atoms with E-state index in [1.807, 2.05) is 42.0 Å². The van der Waals surface area contributed by atoms with Crippen LogP contribution in [0.5, 0.6) is 0 Å². The van der Waals surface area contributed by atoms with Gasteiger partial charge in [-0.3, -0.25) is 0 Å². The van der Waals surface area contributed by atoms with Gasteiger partial charge in [-0.1, -0.05) is 30.3 Å². The van der Waals surface area contributed by atoms with E-state index in [1.165, 1.54) is 5.56 Å². The third-order valence-electron chi connectivity index (χ3n) is 4.33. The number of thiazole rings is 1. The molecule has 0 spiro atoms. The van der Waals surface area contributed by atoms with Crippen molar-refractivity contribution in [3.8, 4) is 0 Å². The van der Waals surface area contributed by atoms with Gasteiger partial charge in [-0.25, -0.2) is 9.78 Å². The zero-order chi connectivity index (χ0) is 16.9. The highest BCUT2D eigenvalue weighted by molar-refractivity contribution is 7.13. The number of nitrogens with zero attached hydrogens (tertiary/aromatic N) is 4. The Morgan fingerprint density at radius 2 is 1.92 bits per heavy atom. The highest BCUT2D eigenvalue weighted by Crippen LogP contribution is 2.21. The van der Waals surface area contributed by atoms with E-state index in [-0.39, 0.29) is 6.03 Å². The normalized spacial score (nSPS) is 14.8. The summed E-state index contributed by atoms with van der Waals surface area (Å²) in [6.45, 7) is 5.98. The average molecular weight is 344 g/mol. The monoisotopic (exact) mass is 344 g/mol. The highest BCUT2D eigenvalue weighted by Gasteiger charge is 2.24. The van der Waals surface area contributed by atoms with E-state index in [4.69, 9.17) is 0 Å². The van der Waals surface area contributed by atoms with Crippen LogP contribution in [0.2, 0.25) is 0 Å². The molecule has 0 unspecified atom stereocenters. The summed E-state index contributed by atoms with van der Waals surface area (Å²) in [5.41, 5.74) is 2.33. The van der Waals surface area contributed by atoms with Crippen molar-refractivity contribution in [2.45, 2.75) is 13.3 Å². The molecular formula is C18H24N4OS. The largest absolute Gasteiger partial charge is 0.345 e. The number of aryl methyl sites for hydroxylation is 1. The zero-order valence-electron chi connectivity index (χ0n) is 14.3. The van der Waals surface area contributed by atoms with Gasteiger partial charge in [0.2, 0.25) is 0 Å². The van der Waals surface area contributed by atoms with Crippen LogP contribution >= 0.6 is 11.3 Å². The van der Waals surface area contributed by atoms with Crippen molar-refractivity contribution >= 4 is 22.5 Å². The highest BCUT2D eigenvalue weighted by atomic mass is 32.1. The molecule has 1 saturated heterocycles. The minimum atomic E-state index is 0.126. The van der Waals surface area contributed by atoms with Crippen LogP contribution in [0.4, 0.5) is 9.93 Å². The van der Waals surface area contributed by atoms with Gasteiger partial charge < -0.3 is 14.7 Å². The van der Waals surface area contributed by atoms with Gasteiger partial charge in [0.25, 0.3) is 0 Å². The van der Waals surface area contributed by atoms with Crippen LogP contribution in [-0.4, -0.2) is 60.6 Å². The molecule has 1 fully saturated rings. The summed E-state index contributed by atoms with van der Waals surface area (Å²) in [4.78, 5) is 23.2. The van der Waals surface area contributed by atoms with Crippen LogP contribution in [0.1, 0.15) is 11.3 Å². The van der Waals surface area contributed by atoms with E-state index in [2.05, 4.69) is 27.4 Å². The van der Waals surface area contributed by atoms with Crippen LogP contribution in [0, 0.1) is 6.92 Å². The van der Waals surface area contributed by atoms with Crippen LogP contribution in [-0.2, 0) is 6.42 Å². The molecule has 0 atom stereocenters. The van der Waals surface area contributed by atoms with Gasteiger partial charge >= 0.3 is 6.03 Å². The predicted molar refractivity (Wildman–Crippen MR) is 98.8 cm³/mol. The van der Waals surface area contributed by atoms with Crippen molar-refractivity contribution in [1.29, 1.82) is 0 Å². The molecule has 6 heteroatoms. The smallest absolute Gasteiger partial charge is 0.319 e. The number of likely N-dealkylation sites (N-methyl/N-ethyl adjacent to an activating group) is 1. The summed E-state index contributed by atoms with van der Waals surface area (Å²) in [6.07, 6.45) is 0.890. The minimum absolute atomic E-state index is 0.126. The second kappa shape index (κ2) is 7.66. The molecule has 2 aromatic rings. The molecule has 2 heterocycles. The summed E-state index contributed by atoms with van der Waals surface area (Å²) in [5.74, 6) is 0. The van der Waals surface area contributed by atoms with E-state index in [9.17, 15) is 4.79 Å². The average Bonchev–Trinajstić information content (AvgIpc) is 3.06. The standard InChI is InChI=1S/C18H24N4OS/c1-15-14-24-17(19-15)21-10-12-22(13-11-21)18(23)20(2)9-8-16-6-4-3-5-7-16/h3-7,14H,8-13H2,1-2H3. The predicted octanol–water partition coefficient (Wildman–Crippen LogP) is 2.87. The maximum Gasteiger partial charge on any atom is 0.319 e. The summed E-state index contributed by atoms with van der Waals surface area (Å²) in [7, 11) is 1.89. The Morgan fingerprint density at radius 3 is 2.54 bits per heavy atom. The molecule has 1 aliphatic heterocycles. The molecular weight excluding hydrogens is 320 g/mol. The molecule has 0 N–H and O–H groups in total. The van der Waals surface area contributed by atoms with Gasteiger partial charge in [0, 0.05) is 45.2 Å².